The van der Waals surface area contributed by atoms with Crippen LogP contribution in [-0.2, 0) is 0 Å². The number of hydrogen-bond donors (Lipinski definition) is 1. The molecule has 2 nitrogen and oxygen atoms in total. The highest BCUT2D eigenvalue weighted by Gasteiger charge is 2.42. The van der Waals surface area contributed by atoms with Gasteiger partial charge in [0.1, 0.15) is 0 Å². The molecule has 1 aromatic rings. The van der Waals surface area contributed by atoms with Crippen LogP contribution in [0, 0.1) is 12.8 Å². The van der Waals surface area contributed by atoms with E-state index in [1.165, 1.54) is 36.9 Å². The number of hydrogen-bond acceptors (Lipinski definition) is 2. The van der Waals surface area contributed by atoms with Gasteiger partial charge >= 0.3 is 0 Å². The summed E-state index contributed by atoms with van der Waals surface area (Å²) in [5.74, 6) is 0.602. The largest absolute Gasteiger partial charge is 0.330 e. The number of benzene rings is 1. The Morgan fingerprint density at radius 3 is 2.72 bits per heavy atom. The van der Waals surface area contributed by atoms with Crippen molar-refractivity contribution in [2.45, 2.75) is 38.3 Å². The van der Waals surface area contributed by atoms with Crippen molar-refractivity contribution in [2.75, 3.05) is 13.1 Å². The molecule has 2 N–H and O–H groups in total. The van der Waals surface area contributed by atoms with Gasteiger partial charge in [-0.2, -0.15) is 0 Å². The van der Waals surface area contributed by atoms with Gasteiger partial charge in [0.15, 0.2) is 0 Å². The molecule has 3 rings (SSSR count). The first-order valence-corrected chi connectivity index (χ1v) is 7.30. The third-order valence-electron chi connectivity index (χ3n) is 4.43. The van der Waals surface area contributed by atoms with Crippen molar-refractivity contribution in [1.29, 1.82) is 0 Å². The monoisotopic (exact) mass is 264 g/mol. The predicted molar refractivity (Wildman–Crippen MR) is 75.8 cm³/mol. The molecular weight excluding hydrogens is 244 g/mol. The quantitative estimate of drug-likeness (QED) is 0.909. The Hall–Kier alpha value is -0.570. The Balaban J connectivity index is 1.94. The second-order valence-electron chi connectivity index (χ2n) is 5.70. The molecule has 1 heterocycles. The summed E-state index contributed by atoms with van der Waals surface area (Å²) in [7, 11) is 0. The fourth-order valence-electron chi connectivity index (χ4n) is 3.35. The summed E-state index contributed by atoms with van der Waals surface area (Å²) in [6.45, 7) is 4.16. The van der Waals surface area contributed by atoms with Crippen molar-refractivity contribution in [2.24, 2.45) is 11.7 Å². The van der Waals surface area contributed by atoms with E-state index in [9.17, 15) is 0 Å². The van der Waals surface area contributed by atoms with Crippen LogP contribution in [0.2, 0.25) is 5.02 Å². The van der Waals surface area contributed by atoms with Crippen molar-refractivity contribution in [3.8, 4) is 0 Å². The Kier molecular flexibility index (Phi) is 3.35. The Bertz CT molecular complexity index is 442. The van der Waals surface area contributed by atoms with Gasteiger partial charge < -0.3 is 5.73 Å². The van der Waals surface area contributed by atoms with E-state index in [0.717, 1.165) is 17.6 Å². The molecule has 1 saturated carbocycles. The molecule has 2 unspecified atom stereocenters. The summed E-state index contributed by atoms with van der Waals surface area (Å²) in [5, 5.41) is 0.830. The van der Waals surface area contributed by atoms with Gasteiger partial charge in [-0.1, -0.05) is 17.7 Å². The average Bonchev–Trinajstić information content (AvgIpc) is 3.10. The van der Waals surface area contributed by atoms with E-state index in [-0.39, 0.29) is 0 Å². The van der Waals surface area contributed by atoms with Crippen LogP contribution < -0.4 is 5.73 Å². The average molecular weight is 265 g/mol. The van der Waals surface area contributed by atoms with Crippen LogP contribution in [0.5, 0.6) is 0 Å². The van der Waals surface area contributed by atoms with E-state index >= 15 is 0 Å². The van der Waals surface area contributed by atoms with Gasteiger partial charge in [0, 0.05) is 17.1 Å². The van der Waals surface area contributed by atoms with Crippen molar-refractivity contribution < 1.29 is 0 Å². The lowest BCUT2D eigenvalue weighted by Gasteiger charge is -2.29. The first kappa shape index (κ1) is 12.5. The third-order valence-corrected chi connectivity index (χ3v) is 4.67. The molecule has 0 amide bonds. The molecule has 1 aliphatic heterocycles. The van der Waals surface area contributed by atoms with Crippen LogP contribution in [-0.4, -0.2) is 24.0 Å². The molecule has 0 bridgehead atoms. The van der Waals surface area contributed by atoms with Crippen LogP contribution in [0.25, 0.3) is 0 Å². The molecule has 98 valence electrons. The van der Waals surface area contributed by atoms with Gasteiger partial charge in [0.05, 0.1) is 0 Å². The summed E-state index contributed by atoms with van der Waals surface area (Å²) < 4.78 is 0. The predicted octanol–water partition coefficient (Wildman–Crippen LogP) is 3.13. The van der Waals surface area contributed by atoms with Gasteiger partial charge in [-0.05, 0) is 68.5 Å². The van der Waals surface area contributed by atoms with E-state index in [2.05, 4.69) is 24.0 Å². The summed E-state index contributed by atoms with van der Waals surface area (Å²) in [6.07, 6.45) is 3.96. The summed E-state index contributed by atoms with van der Waals surface area (Å²) >= 11 is 6.07. The van der Waals surface area contributed by atoms with Gasteiger partial charge in [0.25, 0.3) is 0 Å². The summed E-state index contributed by atoms with van der Waals surface area (Å²) in [6, 6.07) is 7.61. The van der Waals surface area contributed by atoms with Gasteiger partial charge in [-0.3, -0.25) is 4.90 Å². The third kappa shape index (κ3) is 2.18. The van der Waals surface area contributed by atoms with Crippen LogP contribution in [0.1, 0.15) is 36.4 Å². The van der Waals surface area contributed by atoms with Crippen molar-refractivity contribution >= 4 is 11.6 Å². The number of aryl methyl sites for hydroxylation is 1. The highest BCUT2D eigenvalue weighted by atomic mass is 35.5. The van der Waals surface area contributed by atoms with E-state index in [1.807, 2.05) is 6.07 Å². The first-order chi connectivity index (χ1) is 8.70. The van der Waals surface area contributed by atoms with E-state index in [4.69, 9.17) is 17.3 Å². The topological polar surface area (TPSA) is 29.3 Å². The van der Waals surface area contributed by atoms with Crippen LogP contribution in [0.4, 0.5) is 0 Å². The first-order valence-electron chi connectivity index (χ1n) is 6.92. The normalized spacial score (nSPS) is 28.8. The number of rotatable bonds is 3. The molecule has 1 aromatic carbocycles. The zero-order valence-electron chi connectivity index (χ0n) is 10.9. The standard InChI is InChI=1S/C15H21ClN2/c1-10-8-12(16)2-5-14(10)15-11(9-17)6-7-18(15)13-3-4-13/h2,5,8,11,13,15H,3-4,6-7,9,17H2,1H3. The highest BCUT2D eigenvalue weighted by molar-refractivity contribution is 6.30. The molecule has 1 aliphatic carbocycles. The second kappa shape index (κ2) is 4.84. The van der Waals surface area contributed by atoms with Gasteiger partial charge in [-0.25, -0.2) is 0 Å². The summed E-state index contributed by atoms with van der Waals surface area (Å²) in [5.41, 5.74) is 8.71. The minimum Gasteiger partial charge on any atom is -0.330 e. The molecule has 18 heavy (non-hydrogen) atoms. The maximum absolute atomic E-state index is 6.07. The maximum atomic E-state index is 6.07. The molecule has 2 atom stereocenters. The van der Waals surface area contributed by atoms with Crippen LogP contribution in [0.15, 0.2) is 18.2 Å². The lowest BCUT2D eigenvalue weighted by Crippen LogP contribution is -2.30. The zero-order chi connectivity index (χ0) is 12.7. The number of likely N-dealkylation sites (tertiary alicyclic amines) is 1. The highest BCUT2D eigenvalue weighted by Crippen LogP contribution is 2.44. The smallest absolute Gasteiger partial charge is 0.0408 e. The minimum absolute atomic E-state index is 0.514. The fraction of sp³-hybridized carbons (Fsp3) is 0.600. The summed E-state index contributed by atoms with van der Waals surface area (Å²) in [4.78, 5) is 2.67. The SMILES string of the molecule is Cc1cc(Cl)ccc1C1C(CN)CCN1C1CC1. The molecule has 0 radical (unpaired) electrons. The van der Waals surface area contributed by atoms with Gasteiger partial charge in [-0.15, -0.1) is 0 Å². The molecule has 0 aromatic heterocycles. The zero-order valence-corrected chi connectivity index (χ0v) is 11.7. The van der Waals surface area contributed by atoms with Gasteiger partial charge in [0.2, 0.25) is 0 Å². The molecule has 0 spiro atoms. The molecule has 1 saturated heterocycles. The lowest BCUT2D eigenvalue weighted by atomic mass is 9.91. The molecular formula is C15H21ClN2. The van der Waals surface area contributed by atoms with E-state index < -0.39 is 0 Å². The Morgan fingerprint density at radius 2 is 2.11 bits per heavy atom. The van der Waals surface area contributed by atoms with Crippen LogP contribution in [0.3, 0.4) is 0 Å². The van der Waals surface area contributed by atoms with Crippen molar-refractivity contribution in [1.82, 2.24) is 4.90 Å². The Labute approximate surface area is 114 Å². The second-order valence-corrected chi connectivity index (χ2v) is 6.14. The van der Waals surface area contributed by atoms with Crippen molar-refractivity contribution in [3.05, 3.63) is 34.3 Å². The van der Waals surface area contributed by atoms with Crippen LogP contribution >= 0.6 is 11.6 Å². The number of nitrogens with zero attached hydrogens (tertiary/aromatic N) is 1. The van der Waals surface area contributed by atoms with E-state index in [1.54, 1.807) is 0 Å². The molecule has 2 aliphatic rings. The minimum atomic E-state index is 0.514. The number of halogens is 1. The van der Waals surface area contributed by atoms with E-state index in [0.29, 0.717) is 12.0 Å². The number of nitrogens with two attached hydrogens (primary N) is 1. The molecule has 3 heteroatoms. The molecule has 2 fully saturated rings. The fourth-order valence-corrected chi connectivity index (χ4v) is 3.58. The Morgan fingerprint density at radius 1 is 1.33 bits per heavy atom. The maximum Gasteiger partial charge on any atom is 0.0408 e. The van der Waals surface area contributed by atoms with Crippen molar-refractivity contribution in [3.63, 3.8) is 0 Å². The lowest BCUT2D eigenvalue weighted by molar-refractivity contribution is 0.220.